The van der Waals surface area contributed by atoms with Crippen LogP contribution in [0.2, 0.25) is 0 Å². The standard InChI is InChI=1S/C16H15FN2O2/c1-21-15-4-2-3-13(9-15)11-18-19-16(20)10-12-5-7-14(17)8-6-12/h2-9,11H,10H2,1H3,(H,19,20)/b18-11+. The van der Waals surface area contributed by atoms with Gasteiger partial charge in [-0.2, -0.15) is 5.10 Å². The van der Waals surface area contributed by atoms with E-state index < -0.39 is 0 Å². The fourth-order valence-electron chi connectivity index (χ4n) is 1.73. The number of benzene rings is 2. The Balaban J connectivity index is 1.88. The monoisotopic (exact) mass is 286 g/mol. The van der Waals surface area contributed by atoms with Crippen molar-refractivity contribution in [3.05, 3.63) is 65.5 Å². The number of amides is 1. The minimum absolute atomic E-state index is 0.149. The van der Waals surface area contributed by atoms with Crippen molar-refractivity contribution >= 4 is 12.1 Å². The Kier molecular flexibility index (Phi) is 5.04. The average molecular weight is 286 g/mol. The van der Waals surface area contributed by atoms with Crippen LogP contribution in [0.4, 0.5) is 4.39 Å². The molecule has 0 bridgehead atoms. The van der Waals surface area contributed by atoms with Crippen molar-refractivity contribution in [1.82, 2.24) is 5.43 Å². The van der Waals surface area contributed by atoms with Gasteiger partial charge in [-0.05, 0) is 35.4 Å². The van der Waals surface area contributed by atoms with Crippen molar-refractivity contribution in [3.63, 3.8) is 0 Å². The van der Waals surface area contributed by atoms with E-state index in [1.165, 1.54) is 18.3 Å². The van der Waals surface area contributed by atoms with Gasteiger partial charge >= 0.3 is 0 Å². The van der Waals surface area contributed by atoms with Crippen molar-refractivity contribution in [2.75, 3.05) is 7.11 Å². The second-order valence-electron chi connectivity index (χ2n) is 4.37. The molecule has 0 aliphatic rings. The SMILES string of the molecule is COc1cccc(/C=N/NC(=O)Cc2ccc(F)cc2)c1. The van der Waals surface area contributed by atoms with E-state index in [0.29, 0.717) is 0 Å². The van der Waals surface area contributed by atoms with E-state index in [1.54, 1.807) is 25.3 Å². The number of nitrogens with one attached hydrogen (secondary N) is 1. The highest BCUT2D eigenvalue weighted by atomic mass is 19.1. The second kappa shape index (κ2) is 7.19. The molecule has 2 aromatic rings. The Labute approximate surface area is 122 Å². The van der Waals surface area contributed by atoms with Crippen LogP contribution >= 0.6 is 0 Å². The van der Waals surface area contributed by atoms with E-state index in [0.717, 1.165) is 16.9 Å². The molecule has 0 radical (unpaired) electrons. The summed E-state index contributed by atoms with van der Waals surface area (Å²) in [5.41, 5.74) is 3.97. The van der Waals surface area contributed by atoms with Gasteiger partial charge in [0.2, 0.25) is 5.91 Å². The van der Waals surface area contributed by atoms with Crippen LogP contribution < -0.4 is 10.2 Å². The van der Waals surface area contributed by atoms with Gasteiger partial charge in [-0.15, -0.1) is 0 Å². The first-order chi connectivity index (χ1) is 10.2. The Morgan fingerprint density at radius 2 is 2.05 bits per heavy atom. The van der Waals surface area contributed by atoms with Crippen LogP contribution in [0.15, 0.2) is 53.6 Å². The summed E-state index contributed by atoms with van der Waals surface area (Å²) in [5, 5.41) is 3.88. The molecule has 0 aromatic heterocycles. The van der Waals surface area contributed by atoms with Crippen molar-refractivity contribution in [2.45, 2.75) is 6.42 Å². The summed E-state index contributed by atoms with van der Waals surface area (Å²) in [6, 6.07) is 13.1. The molecule has 0 fully saturated rings. The van der Waals surface area contributed by atoms with Crippen molar-refractivity contribution in [2.24, 2.45) is 5.10 Å². The molecule has 108 valence electrons. The van der Waals surface area contributed by atoms with Gasteiger partial charge in [0.15, 0.2) is 0 Å². The zero-order chi connectivity index (χ0) is 15.1. The van der Waals surface area contributed by atoms with Gasteiger partial charge in [0.1, 0.15) is 11.6 Å². The maximum atomic E-state index is 12.7. The molecule has 2 rings (SSSR count). The van der Waals surface area contributed by atoms with Gasteiger partial charge < -0.3 is 4.74 Å². The van der Waals surface area contributed by atoms with Crippen LogP contribution in [-0.2, 0) is 11.2 Å². The summed E-state index contributed by atoms with van der Waals surface area (Å²) < 4.78 is 17.8. The fourth-order valence-corrected chi connectivity index (χ4v) is 1.73. The Morgan fingerprint density at radius 3 is 2.76 bits per heavy atom. The highest BCUT2D eigenvalue weighted by molar-refractivity contribution is 5.83. The number of halogens is 1. The van der Waals surface area contributed by atoms with Crippen LogP contribution in [0.1, 0.15) is 11.1 Å². The highest BCUT2D eigenvalue weighted by Crippen LogP contribution is 2.10. The summed E-state index contributed by atoms with van der Waals surface area (Å²) in [5.74, 6) is 0.132. The zero-order valence-corrected chi connectivity index (χ0v) is 11.5. The lowest BCUT2D eigenvalue weighted by molar-refractivity contribution is -0.120. The topological polar surface area (TPSA) is 50.7 Å². The van der Waals surface area contributed by atoms with Crippen LogP contribution in [0.3, 0.4) is 0 Å². The number of hydrazone groups is 1. The zero-order valence-electron chi connectivity index (χ0n) is 11.5. The first-order valence-corrected chi connectivity index (χ1v) is 6.38. The van der Waals surface area contributed by atoms with Crippen LogP contribution in [0, 0.1) is 5.82 Å². The predicted molar refractivity (Wildman–Crippen MR) is 78.8 cm³/mol. The van der Waals surface area contributed by atoms with Crippen LogP contribution in [-0.4, -0.2) is 19.2 Å². The molecule has 5 heteroatoms. The fraction of sp³-hybridized carbons (Fsp3) is 0.125. The minimum Gasteiger partial charge on any atom is -0.497 e. The third-order valence-electron chi connectivity index (χ3n) is 2.77. The quantitative estimate of drug-likeness (QED) is 0.678. The third kappa shape index (κ3) is 4.72. The molecule has 0 aliphatic carbocycles. The summed E-state index contributed by atoms with van der Waals surface area (Å²) in [6.07, 6.45) is 1.68. The summed E-state index contributed by atoms with van der Waals surface area (Å²) in [4.78, 5) is 11.7. The van der Waals surface area contributed by atoms with Gasteiger partial charge in [0.05, 0.1) is 19.7 Å². The molecule has 0 aliphatic heterocycles. The number of hydrogen-bond acceptors (Lipinski definition) is 3. The number of rotatable bonds is 5. The number of hydrogen-bond donors (Lipinski definition) is 1. The molecule has 0 unspecified atom stereocenters. The van der Waals surface area contributed by atoms with Gasteiger partial charge in [-0.1, -0.05) is 24.3 Å². The number of carbonyl (C=O) groups is 1. The lowest BCUT2D eigenvalue weighted by Crippen LogP contribution is -2.19. The van der Waals surface area contributed by atoms with Crippen molar-refractivity contribution in [3.8, 4) is 5.75 Å². The molecule has 0 saturated carbocycles. The minimum atomic E-state index is -0.324. The average Bonchev–Trinajstić information content (AvgIpc) is 2.50. The van der Waals surface area contributed by atoms with Crippen molar-refractivity contribution < 1.29 is 13.9 Å². The highest BCUT2D eigenvalue weighted by Gasteiger charge is 2.02. The molecule has 0 heterocycles. The lowest BCUT2D eigenvalue weighted by atomic mass is 10.1. The van der Waals surface area contributed by atoms with Crippen molar-refractivity contribution in [1.29, 1.82) is 0 Å². The smallest absolute Gasteiger partial charge is 0.244 e. The lowest BCUT2D eigenvalue weighted by Gasteiger charge is -2.01. The Morgan fingerprint density at radius 1 is 1.29 bits per heavy atom. The molecule has 0 saturated heterocycles. The molecule has 1 N–H and O–H groups in total. The molecule has 2 aromatic carbocycles. The van der Waals surface area contributed by atoms with Gasteiger partial charge in [-0.3, -0.25) is 4.79 Å². The van der Waals surface area contributed by atoms with Crippen LogP contribution in [0.25, 0.3) is 0 Å². The van der Waals surface area contributed by atoms with Gasteiger partial charge in [0.25, 0.3) is 0 Å². The maximum Gasteiger partial charge on any atom is 0.244 e. The molecular weight excluding hydrogens is 271 g/mol. The van der Waals surface area contributed by atoms with E-state index in [9.17, 15) is 9.18 Å². The van der Waals surface area contributed by atoms with E-state index in [-0.39, 0.29) is 18.1 Å². The summed E-state index contributed by atoms with van der Waals surface area (Å²) in [6.45, 7) is 0. The Hall–Kier alpha value is -2.69. The third-order valence-corrected chi connectivity index (χ3v) is 2.77. The molecule has 0 atom stereocenters. The van der Waals surface area contributed by atoms with E-state index in [4.69, 9.17) is 4.74 Å². The molecule has 21 heavy (non-hydrogen) atoms. The maximum absolute atomic E-state index is 12.7. The molecular formula is C16H15FN2O2. The molecule has 1 amide bonds. The number of methoxy groups -OCH3 is 1. The normalized spacial score (nSPS) is 10.6. The van der Waals surface area contributed by atoms with E-state index in [1.807, 2.05) is 18.2 Å². The number of carbonyl (C=O) groups excluding carboxylic acids is 1. The first kappa shape index (κ1) is 14.7. The molecule has 0 spiro atoms. The second-order valence-corrected chi connectivity index (χ2v) is 4.37. The predicted octanol–water partition coefficient (Wildman–Crippen LogP) is 2.53. The number of nitrogens with zero attached hydrogens (tertiary/aromatic N) is 1. The summed E-state index contributed by atoms with van der Waals surface area (Å²) in [7, 11) is 1.58. The van der Waals surface area contributed by atoms with E-state index >= 15 is 0 Å². The summed E-state index contributed by atoms with van der Waals surface area (Å²) >= 11 is 0. The van der Waals surface area contributed by atoms with E-state index in [2.05, 4.69) is 10.5 Å². The first-order valence-electron chi connectivity index (χ1n) is 6.38. The van der Waals surface area contributed by atoms with Gasteiger partial charge in [-0.25, -0.2) is 9.82 Å². The van der Waals surface area contributed by atoms with Gasteiger partial charge in [0, 0.05) is 0 Å². The largest absolute Gasteiger partial charge is 0.497 e. The number of ether oxygens (including phenoxy) is 1. The molecule has 4 nitrogen and oxygen atoms in total. The van der Waals surface area contributed by atoms with Crippen LogP contribution in [0.5, 0.6) is 5.75 Å². The Bertz CT molecular complexity index is 639.